The number of alkyl halides is 1. The van der Waals surface area contributed by atoms with Gasteiger partial charge in [0.1, 0.15) is 0 Å². The van der Waals surface area contributed by atoms with Crippen molar-refractivity contribution in [2.24, 2.45) is 0 Å². The molecule has 0 aromatic rings. The molecule has 0 fully saturated rings. The molecule has 0 aromatic carbocycles. The Hall–Kier alpha value is -0.580. The molecule has 4 nitrogen and oxygen atoms in total. The minimum absolute atomic E-state index is 0.0219. The van der Waals surface area contributed by atoms with Gasteiger partial charge in [-0.25, -0.2) is 0 Å². The van der Waals surface area contributed by atoms with Gasteiger partial charge in [-0.15, -0.1) is 11.6 Å². The molecule has 0 aromatic heterocycles. The number of carbonyl (C=O) groups is 1. The van der Waals surface area contributed by atoms with E-state index in [-0.39, 0.29) is 11.9 Å². The summed E-state index contributed by atoms with van der Waals surface area (Å²) >= 11 is 5.46. The zero-order valence-electron chi connectivity index (χ0n) is 9.25. The summed E-state index contributed by atoms with van der Waals surface area (Å²) in [5.41, 5.74) is 0. The first-order chi connectivity index (χ1) is 7.22. The lowest BCUT2D eigenvalue weighted by Gasteiger charge is -2.12. The highest BCUT2D eigenvalue weighted by atomic mass is 35.5. The highest BCUT2D eigenvalue weighted by Gasteiger charge is 2.09. The van der Waals surface area contributed by atoms with E-state index in [4.69, 9.17) is 16.3 Å². The minimum atomic E-state index is -0.207. The smallest absolute Gasteiger partial charge is 0.236 e. The first kappa shape index (κ1) is 14.4. The van der Waals surface area contributed by atoms with Crippen LogP contribution in [0.15, 0.2) is 12.2 Å². The molecular formula is C10H19ClN2O2. The van der Waals surface area contributed by atoms with Crippen molar-refractivity contribution in [1.29, 1.82) is 0 Å². The Balaban J connectivity index is 3.55. The first-order valence-corrected chi connectivity index (χ1v) is 5.46. The fourth-order valence-electron chi connectivity index (χ4n) is 0.913. The lowest BCUT2D eigenvalue weighted by Crippen LogP contribution is -2.43. The average Bonchev–Trinajstić information content (AvgIpc) is 2.24. The Morgan fingerprint density at radius 2 is 2.27 bits per heavy atom. The van der Waals surface area contributed by atoms with E-state index in [1.807, 2.05) is 19.1 Å². The Morgan fingerprint density at radius 1 is 1.53 bits per heavy atom. The van der Waals surface area contributed by atoms with E-state index >= 15 is 0 Å². The average molecular weight is 235 g/mol. The number of halogens is 1. The van der Waals surface area contributed by atoms with Gasteiger partial charge in [0.15, 0.2) is 0 Å². The molecule has 0 spiro atoms. The van der Waals surface area contributed by atoms with Crippen molar-refractivity contribution in [2.75, 3.05) is 32.7 Å². The van der Waals surface area contributed by atoms with Crippen LogP contribution >= 0.6 is 11.6 Å². The number of nitrogens with one attached hydrogen (secondary N) is 2. The second-order valence-electron chi connectivity index (χ2n) is 3.04. The third-order valence-electron chi connectivity index (χ3n) is 1.80. The first-order valence-electron chi connectivity index (χ1n) is 4.93. The fourth-order valence-corrected chi connectivity index (χ4v) is 1.04. The zero-order chi connectivity index (χ0) is 11.5. The van der Waals surface area contributed by atoms with Crippen LogP contribution in [0.25, 0.3) is 0 Å². The molecule has 0 aliphatic carbocycles. The Kier molecular flexibility index (Phi) is 9.57. The van der Waals surface area contributed by atoms with Crippen molar-refractivity contribution in [1.82, 2.24) is 10.6 Å². The molecule has 1 atom stereocenters. The van der Waals surface area contributed by atoms with Crippen LogP contribution in [0.2, 0.25) is 0 Å². The summed E-state index contributed by atoms with van der Waals surface area (Å²) in [5, 5.41) is 5.79. The van der Waals surface area contributed by atoms with E-state index in [9.17, 15) is 4.79 Å². The SMILES string of the molecule is COCCNC(=O)C(C)NC/C=C/CCl. The van der Waals surface area contributed by atoms with Crippen LogP contribution in [-0.4, -0.2) is 44.6 Å². The highest BCUT2D eigenvalue weighted by molar-refractivity contribution is 6.18. The van der Waals surface area contributed by atoms with E-state index in [0.717, 1.165) is 0 Å². The summed E-state index contributed by atoms with van der Waals surface area (Å²) in [7, 11) is 1.60. The molecule has 0 saturated carbocycles. The van der Waals surface area contributed by atoms with Crippen LogP contribution in [0, 0.1) is 0 Å². The number of hydrogen-bond donors (Lipinski definition) is 2. The molecule has 0 bridgehead atoms. The third kappa shape index (κ3) is 8.42. The number of amides is 1. The monoisotopic (exact) mass is 234 g/mol. The van der Waals surface area contributed by atoms with Gasteiger partial charge in [-0.05, 0) is 6.92 Å². The molecule has 1 unspecified atom stereocenters. The standard InChI is InChI=1S/C10H19ClN2O2/c1-9(12-6-4-3-5-11)10(14)13-7-8-15-2/h3-4,9,12H,5-8H2,1-2H3,(H,13,14)/b4-3+. The van der Waals surface area contributed by atoms with Crippen molar-refractivity contribution in [3.63, 3.8) is 0 Å². The van der Waals surface area contributed by atoms with Crippen LogP contribution in [-0.2, 0) is 9.53 Å². The molecule has 1 amide bonds. The van der Waals surface area contributed by atoms with Gasteiger partial charge in [-0.2, -0.15) is 0 Å². The number of ether oxygens (including phenoxy) is 1. The van der Waals surface area contributed by atoms with Crippen LogP contribution in [0.1, 0.15) is 6.92 Å². The second-order valence-corrected chi connectivity index (χ2v) is 3.35. The Bertz CT molecular complexity index is 198. The third-order valence-corrected chi connectivity index (χ3v) is 1.97. The number of carbonyl (C=O) groups excluding carboxylic acids is 1. The van der Waals surface area contributed by atoms with E-state index in [1.54, 1.807) is 7.11 Å². The Labute approximate surface area is 96.0 Å². The predicted octanol–water partition coefficient (Wildman–Crippen LogP) is 0.522. The van der Waals surface area contributed by atoms with Gasteiger partial charge in [-0.1, -0.05) is 12.2 Å². The second kappa shape index (κ2) is 9.96. The normalized spacial score (nSPS) is 13.0. The minimum Gasteiger partial charge on any atom is -0.383 e. The van der Waals surface area contributed by atoms with Crippen LogP contribution in [0.5, 0.6) is 0 Å². The molecule has 0 heterocycles. The van der Waals surface area contributed by atoms with E-state index in [2.05, 4.69) is 10.6 Å². The summed E-state index contributed by atoms with van der Waals surface area (Å²) in [5.74, 6) is 0.474. The largest absolute Gasteiger partial charge is 0.383 e. The molecule has 5 heteroatoms. The van der Waals surface area contributed by atoms with E-state index in [1.165, 1.54) is 0 Å². The van der Waals surface area contributed by atoms with Crippen LogP contribution < -0.4 is 10.6 Å². The zero-order valence-corrected chi connectivity index (χ0v) is 10.0. The topological polar surface area (TPSA) is 50.4 Å². The maximum atomic E-state index is 11.4. The van der Waals surface area contributed by atoms with E-state index in [0.29, 0.717) is 25.6 Å². The fraction of sp³-hybridized carbons (Fsp3) is 0.700. The number of methoxy groups -OCH3 is 1. The molecule has 15 heavy (non-hydrogen) atoms. The number of rotatable bonds is 8. The van der Waals surface area contributed by atoms with Crippen molar-refractivity contribution in [2.45, 2.75) is 13.0 Å². The molecule has 0 saturated heterocycles. The predicted molar refractivity (Wildman–Crippen MR) is 62.2 cm³/mol. The van der Waals surface area contributed by atoms with Crippen LogP contribution in [0.3, 0.4) is 0 Å². The quantitative estimate of drug-likeness (QED) is 0.366. The highest BCUT2D eigenvalue weighted by Crippen LogP contribution is 1.83. The van der Waals surface area contributed by atoms with Gasteiger partial charge in [0.05, 0.1) is 12.6 Å². The summed E-state index contributed by atoms with van der Waals surface area (Å²) in [6.45, 7) is 3.53. The van der Waals surface area contributed by atoms with Gasteiger partial charge in [0, 0.05) is 26.1 Å². The van der Waals surface area contributed by atoms with Gasteiger partial charge in [0.25, 0.3) is 0 Å². The molecule has 0 radical (unpaired) electrons. The molecule has 2 N–H and O–H groups in total. The maximum absolute atomic E-state index is 11.4. The molecular weight excluding hydrogens is 216 g/mol. The maximum Gasteiger partial charge on any atom is 0.236 e. The summed E-state index contributed by atoms with van der Waals surface area (Å²) < 4.78 is 4.82. The lowest BCUT2D eigenvalue weighted by atomic mass is 10.3. The molecule has 0 rings (SSSR count). The van der Waals surface area contributed by atoms with Crippen LogP contribution in [0.4, 0.5) is 0 Å². The van der Waals surface area contributed by atoms with Crippen molar-refractivity contribution in [3.8, 4) is 0 Å². The van der Waals surface area contributed by atoms with Gasteiger partial charge < -0.3 is 15.4 Å². The summed E-state index contributed by atoms with van der Waals surface area (Å²) in [6.07, 6.45) is 3.73. The van der Waals surface area contributed by atoms with Crippen molar-refractivity contribution < 1.29 is 9.53 Å². The van der Waals surface area contributed by atoms with Crippen molar-refractivity contribution >= 4 is 17.5 Å². The van der Waals surface area contributed by atoms with Gasteiger partial charge >= 0.3 is 0 Å². The lowest BCUT2D eigenvalue weighted by molar-refractivity contribution is -0.122. The Morgan fingerprint density at radius 3 is 2.87 bits per heavy atom. The van der Waals surface area contributed by atoms with Gasteiger partial charge in [0.2, 0.25) is 5.91 Å². The molecule has 88 valence electrons. The van der Waals surface area contributed by atoms with E-state index < -0.39 is 0 Å². The molecule has 0 aliphatic rings. The summed E-state index contributed by atoms with van der Waals surface area (Å²) in [4.78, 5) is 11.4. The van der Waals surface area contributed by atoms with Crippen molar-refractivity contribution in [3.05, 3.63) is 12.2 Å². The number of allylic oxidation sites excluding steroid dienone is 1. The van der Waals surface area contributed by atoms with Gasteiger partial charge in [-0.3, -0.25) is 4.79 Å². The summed E-state index contributed by atoms with van der Waals surface area (Å²) in [6, 6.07) is -0.207. The molecule has 0 aliphatic heterocycles. The number of hydrogen-bond acceptors (Lipinski definition) is 3.